The van der Waals surface area contributed by atoms with E-state index in [9.17, 15) is 4.79 Å². The van der Waals surface area contributed by atoms with E-state index in [1.54, 1.807) is 0 Å². The number of carbonyl (C=O) groups excluding carboxylic acids is 1. The van der Waals surface area contributed by atoms with E-state index in [1.807, 2.05) is 18.2 Å². The van der Waals surface area contributed by atoms with Gasteiger partial charge in [0.1, 0.15) is 0 Å². The Hall–Kier alpha value is 0.830. The van der Waals surface area contributed by atoms with Crippen molar-refractivity contribution in [2.75, 3.05) is 5.33 Å². The summed E-state index contributed by atoms with van der Waals surface area (Å²) < 4.78 is 2.17. The van der Waals surface area contributed by atoms with Gasteiger partial charge in [-0.3, -0.25) is 4.79 Å². The molecular formula is C8H5BrI2O. The van der Waals surface area contributed by atoms with E-state index in [-0.39, 0.29) is 5.78 Å². The molecule has 0 atom stereocenters. The molecular weight excluding hydrogens is 446 g/mol. The Labute approximate surface area is 107 Å². The first-order chi connectivity index (χ1) is 5.65. The molecule has 1 aromatic rings. The number of alkyl halides is 1. The van der Waals surface area contributed by atoms with Crippen molar-refractivity contribution in [2.24, 2.45) is 0 Å². The summed E-state index contributed by atoms with van der Waals surface area (Å²) in [7, 11) is 0. The zero-order valence-corrected chi connectivity index (χ0v) is 11.9. The molecule has 64 valence electrons. The Kier molecular flexibility index (Phi) is 4.45. The first-order valence-corrected chi connectivity index (χ1v) is 6.47. The number of benzene rings is 1. The van der Waals surface area contributed by atoms with Crippen molar-refractivity contribution in [3.8, 4) is 0 Å². The minimum absolute atomic E-state index is 0.135. The Balaban J connectivity index is 3.09. The Bertz CT molecular complexity index is 312. The average molecular weight is 451 g/mol. The average Bonchev–Trinajstić information content (AvgIpc) is 2.03. The highest BCUT2D eigenvalue weighted by Gasteiger charge is 2.07. The maximum Gasteiger partial charge on any atom is 0.174 e. The highest BCUT2D eigenvalue weighted by molar-refractivity contribution is 14.1. The second-order valence-electron chi connectivity index (χ2n) is 2.18. The van der Waals surface area contributed by atoms with Crippen LogP contribution < -0.4 is 0 Å². The van der Waals surface area contributed by atoms with Crippen LogP contribution in [0, 0.1) is 7.14 Å². The van der Waals surface area contributed by atoms with Crippen LogP contribution in [0.3, 0.4) is 0 Å². The lowest BCUT2D eigenvalue weighted by Gasteiger charge is -2.00. The van der Waals surface area contributed by atoms with E-state index >= 15 is 0 Å². The SMILES string of the molecule is O=C(CBr)c1ccc(I)cc1I. The van der Waals surface area contributed by atoms with Crippen LogP contribution in [0.2, 0.25) is 0 Å². The third-order valence-corrected chi connectivity index (χ3v) is 3.43. The van der Waals surface area contributed by atoms with Crippen LogP contribution in [-0.2, 0) is 0 Å². The van der Waals surface area contributed by atoms with Crippen LogP contribution in [-0.4, -0.2) is 11.1 Å². The lowest BCUT2D eigenvalue weighted by molar-refractivity contribution is 0.102. The first-order valence-electron chi connectivity index (χ1n) is 3.19. The van der Waals surface area contributed by atoms with E-state index in [2.05, 4.69) is 61.1 Å². The summed E-state index contributed by atoms with van der Waals surface area (Å²) in [5.74, 6) is 0.135. The number of rotatable bonds is 2. The molecule has 0 aliphatic rings. The summed E-state index contributed by atoms with van der Waals surface area (Å²) in [6.45, 7) is 0. The van der Waals surface area contributed by atoms with Gasteiger partial charge in [0.05, 0.1) is 5.33 Å². The van der Waals surface area contributed by atoms with E-state index in [0.717, 1.165) is 12.7 Å². The third kappa shape index (κ3) is 2.66. The highest BCUT2D eigenvalue weighted by atomic mass is 127. The van der Waals surface area contributed by atoms with Crippen molar-refractivity contribution in [1.82, 2.24) is 0 Å². The van der Waals surface area contributed by atoms with Gasteiger partial charge in [-0.15, -0.1) is 0 Å². The third-order valence-electron chi connectivity index (χ3n) is 1.35. The van der Waals surface area contributed by atoms with E-state index < -0.39 is 0 Å². The Morgan fingerprint density at radius 2 is 2.08 bits per heavy atom. The monoisotopic (exact) mass is 450 g/mol. The van der Waals surface area contributed by atoms with Crippen molar-refractivity contribution < 1.29 is 4.79 Å². The second-order valence-corrected chi connectivity index (χ2v) is 5.15. The maximum absolute atomic E-state index is 11.3. The highest BCUT2D eigenvalue weighted by Crippen LogP contribution is 2.17. The summed E-state index contributed by atoms with van der Waals surface area (Å²) in [6, 6.07) is 5.81. The molecule has 0 unspecified atom stereocenters. The number of hydrogen-bond donors (Lipinski definition) is 0. The summed E-state index contributed by atoms with van der Waals surface area (Å²) >= 11 is 7.56. The number of hydrogen-bond acceptors (Lipinski definition) is 1. The molecule has 0 aliphatic carbocycles. The van der Waals surface area contributed by atoms with E-state index in [0.29, 0.717) is 5.33 Å². The van der Waals surface area contributed by atoms with Gasteiger partial charge >= 0.3 is 0 Å². The van der Waals surface area contributed by atoms with Crippen molar-refractivity contribution in [3.63, 3.8) is 0 Å². The summed E-state index contributed by atoms with van der Waals surface area (Å²) in [6.07, 6.45) is 0. The Morgan fingerprint density at radius 1 is 1.42 bits per heavy atom. The second kappa shape index (κ2) is 4.90. The van der Waals surface area contributed by atoms with Crippen molar-refractivity contribution in [2.45, 2.75) is 0 Å². The maximum atomic E-state index is 11.3. The number of Topliss-reactive ketones (excluding diaryl/α,β-unsaturated/α-hetero) is 1. The van der Waals surface area contributed by atoms with Crippen LogP contribution in [0.5, 0.6) is 0 Å². The van der Waals surface area contributed by atoms with Gasteiger partial charge in [-0.05, 0) is 63.4 Å². The van der Waals surface area contributed by atoms with Gasteiger partial charge in [-0.2, -0.15) is 0 Å². The largest absolute Gasteiger partial charge is 0.293 e. The number of halogens is 3. The van der Waals surface area contributed by atoms with Crippen molar-refractivity contribution in [3.05, 3.63) is 30.9 Å². The molecule has 0 aliphatic heterocycles. The molecule has 0 amide bonds. The van der Waals surface area contributed by atoms with Crippen LogP contribution in [0.15, 0.2) is 18.2 Å². The zero-order valence-electron chi connectivity index (χ0n) is 5.98. The molecule has 0 heterocycles. The standard InChI is InChI=1S/C8H5BrI2O/c9-4-8(12)6-2-1-5(10)3-7(6)11/h1-3H,4H2. The molecule has 0 saturated carbocycles. The number of ketones is 1. The van der Waals surface area contributed by atoms with E-state index in [1.165, 1.54) is 0 Å². The van der Waals surface area contributed by atoms with Gasteiger partial charge in [0, 0.05) is 12.7 Å². The first kappa shape index (κ1) is 10.9. The van der Waals surface area contributed by atoms with Gasteiger partial charge < -0.3 is 0 Å². The predicted octanol–water partition coefficient (Wildman–Crippen LogP) is 3.47. The molecule has 0 bridgehead atoms. The molecule has 0 aromatic heterocycles. The summed E-state index contributed by atoms with van der Waals surface area (Å²) in [5.41, 5.74) is 0.799. The Morgan fingerprint density at radius 3 is 2.58 bits per heavy atom. The molecule has 0 N–H and O–H groups in total. The van der Waals surface area contributed by atoms with Gasteiger partial charge in [0.25, 0.3) is 0 Å². The van der Waals surface area contributed by atoms with Crippen molar-refractivity contribution in [1.29, 1.82) is 0 Å². The minimum atomic E-state index is 0.135. The zero-order chi connectivity index (χ0) is 9.14. The molecule has 0 radical (unpaired) electrons. The van der Waals surface area contributed by atoms with Gasteiger partial charge in [0.15, 0.2) is 5.78 Å². The lowest BCUT2D eigenvalue weighted by Crippen LogP contribution is -2.02. The fourth-order valence-electron chi connectivity index (χ4n) is 0.788. The van der Waals surface area contributed by atoms with Crippen LogP contribution in [0.25, 0.3) is 0 Å². The predicted molar refractivity (Wildman–Crippen MR) is 70.0 cm³/mol. The molecule has 1 aromatic carbocycles. The molecule has 4 heteroatoms. The summed E-state index contributed by atoms with van der Waals surface area (Å²) in [5, 5.41) is 0.392. The van der Waals surface area contributed by atoms with Crippen LogP contribution in [0.1, 0.15) is 10.4 Å². The quantitative estimate of drug-likeness (QED) is 0.383. The summed E-state index contributed by atoms with van der Waals surface area (Å²) in [4.78, 5) is 11.3. The smallest absolute Gasteiger partial charge is 0.174 e. The molecule has 0 saturated heterocycles. The van der Waals surface area contributed by atoms with Gasteiger partial charge in [0.2, 0.25) is 0 Å². The normalized spacial score (nSPS) is 9.92. The topological polar surface area (TPSA) is 17.1 Å². The minimum Gasteiger partial charge on any atom is -0.293 e. The van der Waals surface area contributed by atoms with Crippen molar-refractivity contribution >= 4 is 66.9 Å². The van der Waals surface area contributed by atoms with Crippen LogP contribution >= 0.6 is 61.1 Å². The van der Waals surface area contributed by atoms with E-state index in [4.69, 9.17) is 0 Å². The molecule has 0 fully saturated rings. The molecule has 0 spiro atoms. The van der Waals surface area contributed by atoms with Gasteiger partial charge in [-0.1, -0.05) is 15.9 Å². The fourth-order valence-corrected chi connectivity index (χ4v) is 2.99. The molecule has 1 nitrogen and oxygen atoms in total. The fraction of sp³-hybridized carbons (Fsp3) is 0.125. The molecule has 12 heavy (non-hydrogen) atoms. The van der Waals surface area contributed by atoms with Gasteiger partial charge in [-0.25, -0.2) is 0 Å². The van der Waals surface area contributed by atoms with Crippen LogP contribution in [0.4, 0.5) is 0 Å². The molecule has 1 rings (SSSR count). The number of carbonyl (C=O) groups is 1. The lowest BCUT2D eigenvalue weighted by atomic mass is 10.2.